The fourth-order valence-electron chi connectivity index (χ4n) is 2.77. The minimum absolute atomic E-state index is 0.00952. The van der Waals surface area contributed by atoms with Crippen LogP contribution in [0.4, 0.5) is 5.69 Å². The molecule has 26 heavy (non-hydrogen) atoms. The third-order valence-corrected chi connectivity index (χ3v) is 4.52. The summed E-state index contributed by atoms with van der Waals surface area (Å²) in [4.78, 5) is 35.8. The van der Waals surface area contributed by atoms with Gasteiger partial charge in [-0.05, 0) is 42.2 Å². The van der Waals surface area contributed by atoms with E-state index in [0.29, 0.717) is 22.7 Å². The normalized spacial score (nSPS) is 19.3. The summed E-state index contributed by atoms with van der Waals surface area (Å²) in [5.74, 6) is -1.14. The van der Waals surface area contributed by atoms with Gasteiger partial charge in [-0.15, -0.1) is 0 Å². The fraction of sp³-hybridized carbons (Fsp3) is 0.250. The standard InChI is InChI=1S/C20H20N2O4/c1-12-11-16(12)19(24)21-15-9-7-14(8-10-15)18(23)22-17(20(25)26)13-5-3-2-4-6-13/h2-10,12,16-17H,11H2,1H3,(H,21,24)(H,22,23)(H,25,26)/t12?,16?,17-/m0/s1. The average Bonchev–Trinajstić information content (AvgIpc) is 3.37. The molecule has 3 N–H and O–H groups in total. The van der Waals surface area contributed by atoms with Crippen LogP contribution in [0.1, 0.15) is 35.3 Å². The molecule has 2 aromatic carbocycles. The summed E-state index contributed by atoms with van der Waals surface area (Å²) in [5.41, 5.74) is 1.43. The first-order valence-corrected chi connectivity index (χ1v) is 8.45. The molecule has 0 bridgehead atoms. The molecule has 0 heterocycles. The lowest BCUT2D eigenvalue weighted by Gasteiger charge is -2.15. The van der Waals surface area contributed by atoms with Gasteiger partial charge in [-0.2, -0.15) is 0 Å². The number of hydrogen-bond acceptors (Lipinski definition) is 3. The van der Waals surface area contributed by atoms with Crippen molar-refractivity contribution < 1.29 is 19.5 Å². The quantitative estimate of drug-likeness (QED) is 0.745. The maximum absolute atomic E-state index is 12.4. The molecule has 2 amide bonds. The predicted octanol–water partition coefficient (Wildman–Crippen LogP) is 2.84. The first-order chi connectivity index (χ1) is 12.5. The number of hydrogen-bond donors (Lipinski definition) is 3. The lowest BCUT2D eigenvalue weighted by atomic mass is 10.1. The SMILES string of the molecule is CC1CC1C(=O)Nc1ccc(C(=O)N[C@H](C(=O)O)c2ccccc2)cc1. The second kappa shape index (κ2) is 7.39. The Balaban J connectivity index is 1.65. The monoisotopic (exact) mass is 352 g/mol. The van der Waals surface area contributed by atoms with Crippen LogP contribution < -0.4 is 10.6 Å². The van der Waals surface area contributed by atoms with Gasteiger partial charge in [-0.25, -0.2) is 4.79 Å². The number of amides is 2. The Morgan fingerprint density at radius 3 is 2.19 bits per heavy atom. The fourth-order valence-corrected chi connectivity index (χ4v) is 2.77. The van der Waals surface area contributed by atoms with Gasteiger partial charge in [-0.3, -0.25) is 9.59 Å². The molecule has 1 saturated carbocycles. The van der Waals surface area contributed by atoms with Crippen LogP contribution in [-0.2, 0) is 9.59 Å². The number of carboxylic acids is 1. The Morgan fingerprint density at radius 1 is 1.04 bits per heavy atom. The number of carboxylic acid groups (broad SMARTS) is 1. The highest BCUT2D eigenvalue weighted by molar-refractivity contribution is 5.98. The molecule has 2 aromatic rings. The molecule has 3 rings (SSSR count). The van der Waals surface area contributed by atoms with Gasteiger partial charge >= 0.3 is 5.97 Å². The van der Waals surface area contributed by atoms with Crippen LogP contribution in [0, 0.1) is 11.8 Å². The molecule has 0 radical (unpaired) electrons. The van der Waals surface area contributed by atoms with Crippen molar-refractivity contribution >= 4 is 23.5 Å². The van der Waals surface area contributed by atoms with Crippen molar-refractivity contribution in [3.8, 4) is 0 Å². The second-order valence-electron chi connectivity index (χ2n) is 6.54. The molecular formula is C20H20N2O4. The van der Waals surface area contributed by atoms with E-state index in [1.807, 2.05) is 6.92 Å². The molecule has 0 aliphatic heterocycles. The zero-order chi connectivity index (χ0) is 18.7. The van der Waals surface area contributed by atoms with E-state index in [1.54, 1.807) is 54.6 Å². The molecule has 2 unspecified atom stereocenters. The summed E-state index contributed by atoms with van der Waals surface area (Å²) in [6.45, 7) is 2.03. The Hall–Kier alpha value is -3.15. The van der Waals surface area contributed by atoms with E-state index in [-0.39, 0.29) is 11.8 Å². The number of carbonyl (C=O) groups is 3. The molecule has 6 heteroatoms. The van der Waals surface area contributed by atoms with Crippen molar-refractivity contribution in [1.29, 1.82) is 0 Å². The topological polar surface area (TPSA) is 95.5 Å². The van der Waals surface area contributed by atoms with Gasteiger partial charge in [-0.1, -0.05) is 37.3 Å². The molecule has 0 aromatic heterocycles. The summed E-state index contributed by atoms with van der Waals surface area (Å²) in [6.07, 6.45) is 0.905. The van der Waals surface area contributed by atoms with Crippen LogP contribution in [0.15, 0.2) is 54.6 Å². The van der Waals surface area contributed by atoms with E-state index in [9.17, 15) is 19.5 Å². The van der Waals surface area contributed by atoms with Crippen molar-refractivity contribution in [1.82, 2.24) is 5.32 Å². The maximum Gasteiger partial charge on any atom is 0.330 e. The highest BCUT2D eigenvalue weighted by Crippen LogP contribution is 2.38. The van der Waals surface area contributed by atoms with E-state index in [0.717, 1.165) is 6.42 Å². The number of anilines is 1. The third-order valence-electron chi connectivity index (χ3n) is 4.52. The van der Waals surface area contributed by atoms with Crippen LogP contribution in [-0.4, -0.2) is 22.9 Å². The van der Waals surface area contributed by atoms with Gasteiger partial charge in [0.2, 0.25) is 5.91 Å². The van der Waals surface area contributed by atoms with Gasteiger partial charge in [0.1, 0.15) is 0 Å². The highest BCUT2D eigenvalue weighted by atomic mass is 16.4. The Kier molecular flexibility index (Phi) is 5.02. The van der Waals surface area contributed by atoms with E-state index in [2.05, 4.69) is 10.6 Å². The molecule has 3 atom stereocenters. The van der Waals surface area contributed by atoms with Gasteiger partial charge < -0.3 is 15.7 Å². The highest BCUT2D eigenvalue weighted by Gasteiger charge is 2.39. The Bertz CT molecular complexity index is 817. The average molecular weight is 352 g/mol. The van der Waals surface area contributed by atoms with Gasteiger partial charge in [0.25, 0.3) is 5.91 Å². The van der Waals surface area contributed by atoms with Crippen LogP contribution in [0.2, 0.25) is 0 Å². The molecule has 0 saturated heterocycles. The number of benzene rings is 2. The smallest absolute Gasteiger partial charge is 0.330 e. The summed E-state index contributed by atoms with van der Waals surface area (Å²) in [6, 6.07) is 13.8. The van der Waals surface area contributed by atoms with Crippen LogP contribution in [0.3, 0.4) is 0 Å². The van der Waals surface area contributed by atoms with Gasteiger partial charge in [0.15, 0.2) is 6.04 Å². The first kappa shape index (κ1) is 17.7. The number of nitrogens with one attached hydrogen (secondary N) is 2. The second-order valence-corrected chi connectivity index (χ2v) is 6.54. The van der Waals surface area contributed by atoms with Crippen molar-refractivity contribution in [3.63, 3.8) is 0 Å². The zero-order valence-electron chi connectivity index (χ0n) is 14.3. The largest absolute Gasteiger partial charge is 0.479 e. The van der Waals surface area contributed by atoms with Crippen molar-refractivity contribution in [2.24, 2.45) is 11.8 Å². The van der Waals surface area contributed by atoms with Gasteiger partial charge in [0, 0.05) is 17.2 Å². The van der Waals surface area contributed by atoms with E-state index in [4.69, 9.17) is 0 Å². The Labute approximate surface area is 151 Å². The number of rotatable bonds is 6. The van der Waals surface area contributed by atoms with Gasteiger partial charge in [0.05, 0.1) is 0 Å². The molecular weight excluding hydrogens is 332 g/mol. The van der Waals surface area contributed by atoms with Crippen molar-refractivity contribution in [2.75, 3.05) is 5.32 Å². The first-order valence-electron chi connectivity index (χ1n) is 8.45. The zero-order valence-corrected chi connectivity index (χ0v) is 14.3. The molecule has 0 spiro atoms. The van der Waals surface area contributed by atoms with Crippen LogP contribution in [0.25, 0.3) is 0 Å². The van der Waals surface area contributed by atoms with E-state index < -0.39 is 17.9 Å². The molecule has 1 aliphatic rings. The summed E-state index contributed by atoms with van der Waals surface area (Å²) in [7, 11) is 0. The minimum Gasteiger partial charge on any atom is -0.479 e. The number of carbonyl (C=O) groups excluding carboxylic acids is 2. The van der Waals surface area contributed by atoms with E-state index >= 15 is 0 Å². The third kappa shape index (κ3) is 4.08. The number of aliphatic carboxylic acids is 1. The lowest BCUT2D eigenvalue weighted by Crippen LogP contribution is -2.33. The predicted molar refractivity (Wildman–Crippen MR) is 96.6 cm³/mol. The summed E-state index contributed by atoms with van der Waals surface area (Å²) in [5, 5.41) is 14.7. The molecule has 134 valence electrons. The van der Waals surface area contributed by atoms with Crippen LogP contribution in [0.5, 0.6) is 0 Å². The van der Waals surface area contributed by atoms with Crippen molar-refractivity contribution in [2.45, 2.75) is 19.4 Å². The molecule has 1 aliphatic carbocycles. The lowest BCUT2D eigenvalue weighted by molar-refractivity contribution is -0.139. The minimum atomic E-state index is -1.13. The summed E-state index contributed by atoms with van der Waals surface area (Å²) >= 11 is 0. The molecule has 6 nitrogen and oxygen atoms in total. The van der Waals surface area contributed by atoms with Crippen molar-refractivity contribution in [3.05, 3.63) is 65.7 Å². The Morgan fingerprint density at radius 2 is 1.65 bits per heavy atom. The van der Waals surface area contributed by atoms with E-state index in [1.165, 1.54) is 0 Å². The molecule has 1 fully saturated rings. The summed E-state index contributed by atoms with van der Waals surface area (Å²) < 4.78 is 0. The maximum atomic E-state index is 12.4. The van der Waals surface area contributed by atoms with Crippen LogP contribution >= 0.6 is 0 Å².